The third-order valence-corrected chi connectivity index (χ3v) is 3.85. The van der Waals surface area contributed by atoms with E-state index in [-0.39, 0.29) is 5.95 Å². The number of aromatic nitrogens is 3. The van der Waals surface area contributed by atoms with Gasteiger partial charge in [-0.25, -0.2) is 0 Å². The minimum absolute atomic E-state index is 0.229. The molecule has 3 rings (SSSR count). The van der Waals surface area contributed by atoms with Crippen molar-refractivity contribution in [3.05, 3.63) is 0 Å². The average molecular weight is 278 g/mol. The summed E-state index contributed by atoms with van der Waals surface area (Å²) in [5.41, 5.74) is 5.74. The van der Waals surface area contributed by atoms with Gasteiger partial charge in [-0.3, -0.25) is 0 Å². The van der Waals surface area contributed by atoms with Crippen molar-refractivity contribution >= 4 is 11.9 Å². The van der Waals surface area contributed by atoms with Crippen molar-refractivity contribution in [2.24, 2.45) is 0 Å². The average Bonchev–Trinajstić information content (AvgIpc) is 3.13. The number of nitrogens with two attached hydrogens (primary N) is 1. The summed E-state index contributed by atoms with van der Waals surface area (Å²) in [5, 5.41) is 0. The van der Waals surface area contributed by atoms with Crippen molar-refractivity contribution in [1.82, 2.24) is 19.9 Å². The van der Waals surface area contributed by atoms with Crippen LogP contribution in [0.25, 0.3) is 0 Å². The second-order valence-corrected chi connectivity index (χ2v) is 5.53. The Balaban J connectivity index is 1.57. The van der Waals surface area contributed by atoms with E-state index in [0.29, 0.717) is 18.6 Å². The fourth-order valence-electron chi connectivity index (χ4n) is 2.46. The molecule has 0 amide bonds. The molecule has 1 saturated carbocycles. The largest absolute Gasteiger partial charge is 0.462 e. The summed E-state index contributed by atoms with van der Waals surface area (Å²) < 4.78 is 5.63. The smallest absolute Gasteiger partial charge is 0.323 e. The second kappa shape index (κ2) is 5.78. The monoisotopic (exact) mass is 278 g/mol. The third-order valence-electron chi connectivity index (χ3n) is 3.85. The molecule has 0 atom stereocenters. The molecule has 2 fully saturated rings. The van der Waals surface area contributed by atoms with Gasteiger partial charge in [0, 0.05) is 25.7 Å². The number of nitrogen functional groups attached to an aromatic ring is 1. The van der Waals surface area contributed by atoms with E-state index < -0.39 is 0 Å². The molecule has 0 radical (unpaired) electrons. The molecule has 7 heteroatoms. The zero-order valence-corrected chi connectivity index (χ0v) is 12.0. The molecule has 2 N–H and O–H groups in total. The van der Waals surface area contributed by atoms with Gasteiger partial charge in [-0.1, -0.05) is 0 Å². The number of rotatable bonds is 6. The molecule has 1 aliphatic carbocycles. The summed E-state index contributed by atoms with van der Waals surface area (Å²) in [6.07, 6.45) is 4.95. The van der Waals surface area contributed by atoms with Gasteiger partial charge in [0.25, 0.3) is 0 Å². The summed E-state index contributed by atoms with van der Waals surface area (Å²) >= 11 is 0. The first-order chi connectivity index (χ1) is 9.72. The highest BCUT2D eigenvalue weighted by atomic mass is 16.5. The molecule has 1 aliphatic heterocycles. The molecule has 110 valence electrons. The maximum Gasteiger partial charge on any atom is 0.323 e. The van der Waals surface area contributed by atoms with Gasteiger partial charge in [-0.2, -0.15) is 15.0 Å². The molecule has 1 aromatic heterocycles. The summed E-state index contributed by atoms with van der Waals surface area (Å²) in [6.45, 7) is 3.42. The Kier molecular flexibility index (Phi) is 3.86. The number of hydrogen-bond donors (Lipinski definition) is 1. The van der Waals surface area contributed by atoms with Crippen LogP contribution in [0, 0.1) is 0 Å². The SMILES string of the molecule is CN(CCOc1nc(N)nc(N2CCCC2)n1)C1CC1. The Morgan fingerprint density at radius 2 is 2.00 bits per heavy atom. The van der Waals surface area contributed by atoms with Crippen LogP contribution in [0.3, 0.4) is 0 Å². The molecule has 0 aromatic carbocycles. The molecule has 7 nitrogen and oxygen atoms in total. The highest BCUT2D eigenvalue weighted by Gasteiger charge is 2.25. The van der Waals surface area contributed by atoms with Crippen molar-refractivity contribution in [2.75, 3.05) is 43.9 Å². The standard InChI is InChI=1S/C13H22N6O/c1-18(10-4-5-10)8-9-20-13-16-11(14)15-12(17-13)19-6-2-3-7-19/h10H,2-9H2,1H3,(H2,14,15,16,17). The lowest BCUT2D eigenvalue weighted by molar-refractivity contribution is 0.220. The van der Waals surface area contributed by atoms with Crippen molar-refractivity contribution in [1.29, 1.82) is 0 Å². The van der Waals surface area contributed by atoms with E-state index >= 15 is 0 Å². The molecule has 0 unspecified atom stereocenters. The predicted octanol–water partition coefficient (Wildman–Crippen LogP) is 0.527. The fraction of sp³-hybridized carbons (Fsp3) is 0.769. The topological polar surface area (TPSA) is 80.4 Å². The van der Waals surface area contributed by atoms with Gasteiger partial charge in [-0.15, -0.1) is 0 Å². The van der Waals surface area contributed by atoms with E-state index in [4.69, 9.17) is 10.5 Å². The molecule has 0 spiro atoms. The summed E-state index contributed by atoms with van der Waals surface area (Å²) in [5.74, 6) is 0.869. The van der Waals surface area contributed by atoms with Crippen LogP contribution in [0.15, 0.2) is 0 Å². The Hall–Kier alpha value is -1.63. The lowest BCUT2D eigenvalue weighted by Gasteiger charge is -2.17. The van der Waals surface area contributed by atoms with E-state index in [1.54, 1.807) is 0 Å². The number of hydrogen-bond acceptors (Lipinski definition) is 7. The van der Waals surface area contributed by atoms with Crippen LogP contribution in [-0.2, 0) is 0 Å². The molecule has 1 aromatic rings. The summed E-state index contributed by atoms with van der Waals surface area (Å²) in [4.78, 5) is 17.0. The first kappa shape index (κ1) is 13.4. The quantitative estimate of drug-likeness (QED) is 0.812. The molecular weight excluding hydrogens is 256 g/mol. The van der Waals surface area contributed by atoms with Gasteiger partial charge in [0.2, 0.25) is 11.9 Å². The first-order valence-corrected chi connectivity index (χ1v) is 7.32. The Bertz CT molecular complexity index is 458. The van der Waals surface area contributed by atoms with Gasteiger partial charge >= 0.3 is 6.01 Å². The van der Waals surface area contributed by atoms with E-state index in [0.717, 1.165) is 25.7 Å². The molecule has 2 heterocycles. The number of likely N-dealkylation sites (N-methyl/N-ethyl adjacent to an activating group) is 1. The molecule has 1 saturated heterocycles. The maximum atomic E-state index is 5.74. The van der Waals surface area contributed by atoms with Crippen LogP contribution in [-0.4, -0.2) is 59.2 Å². The van der Waals surface area contributed by atoms with Crippen molar-refractivity contribution in [3.63, 3.8) is 0 Å². The van der Waals surface area contributed by atoms with Gasteiger partial charge in [-0.05, 0) is 32.7 Å². The summed E-state index contributed by atoms with van der Waals surface area (Å²) in [7, 11) is 2.12. The van der Waals surface area contributed by atoms with Crippen LogP contribution >= 0.6 is 0 Å². The number of nitrogens with zero attached hydrogens (tertiary/aromatic N) is 5. The molecule has 0 bridgehead atoms. The van der Waals surface area contributed by atoms with Crippen molar-refractivity contribution < 1.29 is 4.74 Å². The van der Waals surface area contributed by atoms with E-state index in [1.807, 2.05) is 0 Å². The number of ether oxygens (including phenoxy) is 1. The maximum absolute atomic E-state index is 5.74. The van der Waals surface area contributed by atoms with Crippen LogP contribution in [0.5, 0.6) is 6.01 Å². The van der Waals surface area contributed by atoms with Crippen LogP contribution in [0.2, 0.25) is 0 Å². The normalized spacial score (nSPS) is 18.8. The minimum Gasteiger partial charge on any atom is -0.462 e. The fourth-order valence-corrected chi connectivity index (χ4v) is 2.46. The van der Waals surface area contributed by atoms with E-state index in [2.05, 4.69) is 31.8 Å². The van der Waals surface area contributed by atoms with Gasteiger partial charge < -0.3 is 20.3 Å². The highest BCUT2D eigenvalue weighted by Crippen LogP contribution is 2.25. The van der Waals surface area contributed by atoms with Gasteiger partial charge in [0.15, 0.2) is 0 Å². The van der Waals surface area contributed by atoms with Gasteiger partial charge in [0.1, 0.15) is 6.61 Å². The van der Waals surface area contributed by atoms with Crippen molar-refractivity contribution in [2.45, 2.75) is 31.7 Å². The third kappa shape index (κ3) is 3.27. The van der Waals surface area contributed by atoms with E-state index in [9.17, 15) is 0 Å². The first-order valence-electron chi connectivity index (χ1n) is 7.32. The Labute approximate surface area is 119 Å². The Morgan fingerprint density at radius 3 is 2.70 bits per heavy atom. The minimum atomic E-state index is 0.229. The summed E-state index contributed by atoms with van der Waals surface area (Å²) in [6, 6.07) is 1.07. The lowest BCUT2D eigenvalue weighted by Crippen LogP contribution is -2.27. The Morgan fingerprint density at radius 1 is 1.25 bits per heavy atom. The lowest BCUT2D eigenvalue weighted by atomic mass is 10.4. The van der Waals surface area contributed by atoms with Gasteiger partial charge in [0.05, 0.1) is 0 Å². The molecule has 20 heavy (non-hydrogen) atoms. The van der Waals surface area contributed by atoms with Crippen LogP contribution in [0.4, 0.5) is 11.9 Å². The van der Waals surface area contributed by atoms with Crippen molar-refractivity contribution in [3.8, 4) is 6.01 Å². The molecule has 2 aliphatic rings. The zero-order chi connectivity index (χ0) is 13.9. The molecular formula is C13H22N6O. The second-order valence-electron chi connectivity index (χ2n) is 5.53. The predicted molar refractivity (Wildman–Crippen MR) is 76.8 cm³/mol. The zero-order valence-electron chi connectivity index (χ0n) is 12.0. The number of anilines is 2. The van der Waals surface area contributed by atoms with Crippen LogP contribution < -0.4 is 15.4 Å². The highest BCUT2D eigenvalue weighted by molar-refractivity contribution is 5.36. The van der Waals surface area contributed by atoms with Crippen LogP contribution in [0.1, 0.15) is 25.7 Å². The van der Waals surface area contributed by atoms with E-state index in [1.165, 1.54) is 25.7 Å².